The van der Waals surface area contributed by atoms with Gasteiger partial charge in [-0.2, -0.15) is 5.26 Å². The zero-order chi connectivity index (χ0) is 20.8. The van der Waals surface area contributed by atoms with Crippen molar-refractivity contribution in [2.45, 2.75) is 26.4 Å². The molecule has 29 heavy (non-hydrogen) atoms. The number of rotatable bonds is 6. The fraction of sp³-hybridized carbons (Fsp3) is 0.217. The van der Waals surface area contributed by atoms with Crippen molar-refractivity contribution in [3.05, 3.63) is 88.7 Å². The van der Waals surface area contributed by atoms with Gasteiger partial charge in [-0.3, -0.25) is 4.79 Å². The second kappa shape index (κ2) is 8.98. The molecule has 6 heteroatoms. The van der Waals surface area contributed by atoms with Gasteiger partial charge >= 0.3 is 0 Å². The lowest BCUT2D eigenvalue weighted by molar-refractivity contribution is -0.119. The van der Waals surface area contributed by atoms with Gasteiger partial charge in [0.25, 0.3) is 0 Å². The topological polar surface area (TPSA) is 94.6 Å². The highest BCUT2D eigenvalue weighted by Gasteiger charge is 2.36. The number of ether oxygens (including phenoxy) is 3. The molecule has 2 aromatic rings. The summed E-state index contributed by atoms with van der Waals surface area (Å²) in [7, 11) is 0. The number of Topliss-reactive ketones (excluding diaryl/α,β-unsaturated/α-hetero) is 1. The van der Waals surface area contributed by atoms with Crippen LogP contribution in [-0.4, -0.2) is 12.4 Å². The third kappa shape index (κ3) is 4.41. The minimum atomic E-state index is -0.931. The molecule has 0 spiro atoms. The van der Waals surface area contributed by atoms with E-state index < -0.39 is 5.92 Å². The van der Waals surface area contributed by atoms with E-state index in [1.54, 1.807) is 38.1 Å². The van der Waals surface area contributed by atoms with Crippen LogP contribution in [0.3, 0.4) is 0 Å². The van der Waals surface area contributed by atoms with Gasteiger partial charge in [-0.25, -0.2) is 0 Å². The highest BCUT2D eigenvalue weighted by molar-refractivity contribution is 6.02. The second-order valence-corrected chi connectivity index (χ2v) is 6.45. The van der Waals surface area contributed by atoms with Gasteiger partial charge in [0.05, 0.1) is 12.5 Å². The number of nitriles is 1. The van der Waals surface area contributed by atoms with Crippen LogP contribution in [0.15, 0.2) is 77.6 Å². The van der Waals surface area contributed by atoms with E-state index in [0.717, 1.165) is 5.56 Å². The van der Waals surface area contributed by atoms with Gasteiger partial charge in [-0.15, -0.1) is 0 Å². The predicted octanol–water partition coefficient (Wildman–Crippen LogP) is 3.91. The number of hydrogen-bond acceptors (Lipinski definition) is 6. The third-order valence-corrected chi connectivity index (χ3v) is 4.47. The SMILES string of the molecule is CCOC1=C(C)OC(N)=C(C#N)C(c2cccc(OCc3ccccc3)c2)C1=O. The van der Waals surface area contributed by atoms with Gasteiger partial charge in [0, 0.05) is 0 Å². The molecule has 0 aromatic heterocycles. The summed E-state index contributed by atoms with van der Waals surface area (Å²) in [6.07, 6.45) is 0. The standard InChI is InChI=1S/C23H22N2O4/c1-3-27-22-15(2)29-23(25)19(13-24)20(21(22)26)17-10-7-11-18(12-17)28-14-16-8-5-4-6-9-16/h4-12,20H,3,14,25H2,1-2H3. The van der Waals surface area contributed by atoms with Gasteiger partial charge in [-0.05, 0) is 37.1 Å². The van der Waals surface area contributed by atoms with Crippen LogP contribution < -0.4 is 10.5 Å². The summed E-state index contributed by atoms with van der Waals surface area (Å²) >= 11 is 0. The maximum absolute atomic E-state index is 13.2. The molecule has 0 amide bonds. The molecule has 1 aliphatic rings. The van der Waals surface area contributed by atoms with Gasteiger partial charge in [0.1, 0.15) is 29.8 Å². The Morgan fingerprint density at radius 1 is 1.14 bits per heavy atom. The molecule has 0 radical (unpaired) electrons. The fourth-order valence-corrected chi connectivity index (χ4v) is 3.12. The first kappa shape index (κ1) is 20.0. The molecular weight excluding hydrogens is 368 g/mol. The number of benzene rings is 2. The molecule has 1 atom stereocenters. The number of carbonyl (C=O) groups excluding carboxylic acids is 1. The number of ketones is 1. The zero-order valence-corrected chi connectivity index (χ0v) is 16.3. The summed E-state index contributed by atoms with van der Waals surface area (Å²) < 4.78 is 16.8. The number of nitrogens with zero attached hydrogens (tertiary/aromatic N) is 1. The van der Waals surface area contributed by atoms with E-state index in [9.17, 15) is 10.1 Å². The molecule has 1 unspecified atom stereocenters. The first-order chi connectivity index (χ1) is 14.0. The molecule has 1 heterocycles. The van der Waals surface area contributed by atoms with Crippen LogP contribution in [0.4, 0.5) is 0 Å². The van der Waals surface area contributed by atoms with Crippen LogP contribution >= 0.6 is 0 Å². The highest BCUT2D eigenvalue weighted by atomic mass is 16.5. The van der Waals surface area contributed by atoms with Gasteiger partial charge < -0.3 is 19.9 Å². The van der Waals surface area contributed by atoms with Crippen LogP contribution in [-0.2, 0) is 20.9 Å². The maximum Gasteiger partial charge on any atom is 0.213 e. The van der Waals surface area contributed by atoms with Crippen molar-refractivity contribution >= 4 is 5.78 Å². The zero-order valence-electron chi connectivity index (χ0n) is 16.3. The fourth-order valence-electron chi connectivity index (χ4n) is 3.12. The lowest BCUT2D eigenvalue weighted by Gasteiger charge is -2.17. The smallest absolute Gasteiger partial charge is 0.213 e. The molecule has 0 aliphatic carbocycles. The Labute approximate surface area is 169 Å². The van der Waals surface area contributed by atoms with Gasteiger partial charge in [0.15, 0.2) is 0 Å². The Hall–Kier alpha value is -3.72. The summed E-state index contributed by atoms with van der Waals surface area (Å²) in [5, 5.41) is 9.65. The van der Waals surface area contributed by atoms with E-state index in [1.165, 1.54) is 0 Å². The summed E-state index contributed by atoms with van der Waals surface area (Å²) in [6.45, 7) is 4.04. The Kier molecular flexibility index (Phi) is 6.20. The van der Waals surface area contributed by atoms with Crippen molar-refractivity contribution < 1.29 is 19.0 Å². The predicted molar refractivity (Wildman–Crippen MR) is 107 cm³/mol. The number of hydrogen-bond donors (Lipinski definition) is 1. The average molecular weight is 390 g/mol. The molecule has 0 saturated carbocycles. The van der Waals surface area contributed by atoms with E-state index in [1.807, 2.05) is 36.4 Å². The highest BCUT2D eigenvalue weighted by Crippen LogP contribution is 2.35. The molecule has 2 N–H and O–H groups in total. The Morgan fingerprint density at radius 2 is 1.90 bits per heavy atom. The second-order valence-electron chi connectivity index (χ2n) is 6.45. The molecule has 2 aromatic carbocycles. The average Bonchev–Trinajstić information content (AvgIpc) is 2.82. The van der Waals surface area contributed by atoms with E-state index >= 15 is 0 Å². The third-order valence-electron chi connectivity index (χ3n) is 4.47. The molecule has 3 rings (SSSR count). The summed E-state index contributed by atoms with van der Waals surface area (Å²) in [5.41, 5.74) is 7.61. The molecule has 0 saturated heterocycles. The number of allylic oxidation sites excluding steroid dienone is 3. The van der Waals surface area contributed by atoms with Crippen LogP contribution in [0.1, 0.15) is 30.9 Å². The number of carbonyl (C=O) groups is 1. The van der Waals surface area contributed by atoms with E-state index in [0.29, 0.717) is 17.9 Å². The molecule has 6 nitrogen and oxygen atoms in total. The monoisotopic (exact) mass is 390 g/mol. The maximum atomic E-state index is 13.2. The normalized spacial score (nSPS) is 16.7. The Bertz CT molecular complexity index is 1000. The molecule has 0 fully saturated rings. The van der Waals surface area contributed by atoms with E-state index in [-0.39, 0.29) is 35.4 Å². The first-order valence-electron chi connectivity index (χ1n) is 9.27. The lowest BCUT2D eigenvalue weighted by atomic mass is 9.87. The minimum Gasteiger partial charge on any atom is -0.489 e. The van der Waals surface area contributed by atoms with Crippen LogP contribution in [0.2, 0.25) is 0 Å². The molecule has 1 aliphatic heterocycles. The summed E-state index contributed by atoms with van der Waals surface area (Å²) in [4.78, 5) is 13.2. The van der Waals surface area contributed by atoms with Crippen molar-refractivity contribution in [2.75, 3.05) is 6.61 Å². The van der Waals surface area contributed by atoms with Crippen molar-refractivity contribution in [3.63, 3.8) is 0 Å². The van der Waals surface area contributed by atoms with Crippen LogP contribution in [0.5, 0.6) is 5.75 Å². The van der Waals surface area contributed by atoms with Gasteiger partial charge in [-0.1, -0.05) is 42.5 Å². The summed E-state index contributed by atoms with van der Waals surface area (Å²) in [6, 6.07) is 18.8. The Balaban J connectivity index is 1.95. The van der Waals surface area contributed by atoms with Crippen molar-refractivity contribution in [1.29, 1.82) is 5.26 Å². The quantitative estimate of drug-likeness (QED) is 0.804. The summed E-state index contributed by atoms with van der Waals surface area (Å²) in [5.74, 6) is -0.518. The van der Waals surface area contributed by atoms with Crippen molar-refractivity contribution in [3.8, 4) is 11.8 Å². The van der Waals surface area contributed by atoms with Crippen LogP contribution in [0, 0.1) is 11.3 Å². The Morgan fingerprint density at radius 3 is 2.59 bits per heavy atom. The first-order valence-corrected chi connectivity index (χ1v) is 9.27. The number of nitrogens with two attached hydrogens (primary N) is 1. The van der Waals surface area contributed by atoms with Gasteiger partial charge in [0.2, 0.25) is 17.4 Å². The molecule has 0 bridgehead atoms. The largest absolute Gasteiger partial charge is 0.489 e. The lowest BCUT2D eigenvalue weighted by Crippen LogP contribution is -2.19. The van der Waals surface area contributed by atoms with E-state index in [2.05, 4.69) is 0 Å². The molecule has 148 valence electrons. The molecular formula is C23H22N2O4. The van der Waals surface area contributed by atoms with Crippen LogP contribution in [0.25, 0.3) is 0 Å². The van der Waals surface area contributed by atoms with Crippen molar-refractivity contribution in [1.82, 2.24) is 0 Å². The van der Waals surface area contributed by atoms with Crippen molar-refractivity contribution in [2.24, 2.45) is 5.73 Å². The van der Waals surface area contributed by atoms with E-state index in [4.69, 9.17) is 19.9 Å². The minimum absolute atomic E-state index is 0.0456.